The molecule has 32 heavy (non-hydrogen) atoms. The van der Waals surface area contributed by atoms with E-state index in [9.17, 15) is 4.79 Å². The van der Waals surface area contributed by atoms with E-state index in [1.165, 1.54) is 13.2 Å². The van der Waals surface area contributed by atoms with Gasteiger partial charge in [0.05, 0.1) is 13.3 Å². The van der Waals surface area contributed by atoms with Gasteiger partial charge in [-0.15, -0.1) is 0 Å². The number of rotatable bonds is 7. The number of anilines is 1. The van der Waals surface area contributed by atoms with Gasteiger partial charge in [0.25, 0.3) is 0 Å². The predicted molar refractivity (Wildman–Crippen MR) is 133 cm³/mol. The molecule has 0 saturated heterocycles. The average Bonchev–Trinajstić information content (AvgIpc) is 2.79. The summed E-state index contributed by atoms with van der Waals surface area (Å²) >= 11 is 11.2. The Labute approximate surface area is 196 Å². The van der Waals surface area contributed by atoms with E-state index in [1.807, 2.05) is 42.5 Å². The number of hydrazone groups is 1. The summed E-state index contributed by atoms with van der Waals surface area (Å²) in [7, 11) is 1.50. The van der Waals surface area contributed by atoms with Crippen molar-refractivity contribution in [1.29, 1.82) is 0 Å². The number of methoxy groups -OCH3 is 1. The number of hydrogen-bond acceptors (Lipinski definition) is 5. The molecule has 8 heteroatoms. The zero-order chi connectivity index (χ0) is 22.8. The van der Waals surface area contributed by atoms with Crippen LogP contribution in [0.1, 0.15) is 11.1 Å². The Bertz CT molecular complexity index is 1150. The van der Waals surface area contributed by atoms with Crippen LogP contribution in [0.2, 0.25) is 5.02 Å². The van der Waals surface area contributed by atoms with Crippen molar-refractivity contribution in [2.75, 3.05) is 12.4 Å². The Morgan fingerprint density at radius 3 is 2.56 bits per heavy atom. The van der Waals surface area contributed by atoms with E-state index in [-0.39, 0.29) is 0 Å². The highest BCUT2D eigenvalue weighted by Gasteiger charge is 2.09. The molecule has 2 N–H and O–H groups in total. The maximum absolute atomic E-state index is 12.1. The molecule has 0 unspecified atom stereocenters. The maximum atomic E-state index is 12.1. The summed E-state index contributed by atoms with van der Waals surface area (Å²) in [6, 6.07) is 21.7. The van der Waals surface area contributed by atoms with Crippen molar-refractivity contribution >= 4 is 52.9 Å². The zero-order valence-corrected chi connectivity index (χ0v) is 18.7. The lowest BCUT2D eigenvalue weighted by molar-refractivity contribution is -0.129. The topological polar surface area (TPSA) is 71.9 Å². The number of nitrogens with zero attached hydrogens (tertiary/aromatic N) is 1. The normalized spacial score (nSPS) is 10.8. The van der Waals surface area contributed by atoms with E-state index in [0.29, 0.717) is 21.6 Å². The summed E-state index contributed by atoms with van der Waals surface area (Å²) in [5.74, 6) is 0.196. The first-order valence-corrected chi connectivity index (χ1v) is 10.3. The van der Waals surface area contributed by atoms with E-state index < -0.39 is 5.97 Å². The van der Waals surface area contributed by atoms with Gasteiger partial charge in [-0.25, -0.2) is 4.79 Å². The molecule has 0 atom stereocenters. The highest BCUT2D eigenvalue weighted by Crippen LogP contribution is 2.27. The van der Waals surface area contributed by atoms with Gasteiger partial charge in [0, 0.05) is 16.8 Å². The van der Waals surface area contributed by atoms with Crippen molar-refractivity contribution in [3.05, 3.63) is 95.0 Å². The lowest BCUT2D eigenvalue weighted by Gasteiger charge is -2.09. The molecule has 0 aromatic heterocycles. The van der Waals surface area contributed by atoms with Gasteiger partial charge in [0.1, 0.15) is 0 Å². The van der Waals surface area contributed by atoms with E-state index in [4.69, 9.17) is 33.3 Å². The second-order valence-corrected chi connectivity index (χ2v) is 7.25. The standard InChI is InChI=1S/C24H20ClN3O3S/c1-30-22-14-18(16-26-28-24(32)27-20-9-5-8-19(25)15-20)10-12-21(22)31-23(29)13-11-17-6-3-2-4-7-17/h2-16H,1H3,(H2,27,28,32)/b13-11+,26-16-. The molecule has 0 heterocycles. The third-order valence-electron chi connectivity index (χ3n) is 4.07. The number of esters is 1. The highest BCUT2D eigenvalue weighted by atomic mass is 35.5. The number of carbonyl (C=O) groups is 1. The number of thiocarbonyl (C=S) groups is 1. The van der Waals surface area contributed by atoms with Crippen molar-refractivity contribution in [3.63, 3.8) is 0 Å². The molecule has 0 amide bonds. The van der Waals surface area contributed by atoms with Gasteiger partial charge < -0.3 is 14.8 Å². The summed E-state index contributed by atoms with van der Waals surface area (Å²) in [5, 5.41) is 8.00. The highest BCUT2D eigenvalue weighted by molar-refractivity contribution is 7.80. The molecule has 0 aliphatic carbocycles. The van der Waals surface area contributed by atoms with Crippen molar-refractivity contribution < 1.29 is 14.3 Å². The van der Waals surface area contributed by atoms with Crippen LogP contribution in [-0.2, 0) is 4.79 Å². The van der Waals surface area contributed by atoms with E-state index in [0.717, 1.165) is 16.8 Å². The fourth-order valence-corrected chi connectivity index (χ4v) is 2.97. The van der Waals surface area contributed by atoms with Gasteiger partial charge >= 0.3 is 5.97 Å². The second kappa shape index (κ2) is 11.6. The van der Waals surface area contributed by atoms with Gasteiger partial charge in [-0.05, 0) is 65.8 Å². The van der Waals surface area contributed by atoms with Gasteiger partial charge in [-0.1, -0.05) is 48.0 Å². The molecule has 3 rings (SSSR count). The molecule has 6 nitrogen and oxygen atoms in total. The smallest absolute Gasteiger partial charge is 0.336 e. The molecule has 0 bridgehead atoms. The van der Waals surface area contributed by atoms with E-state index in [1.54, 1.807) is 42.6 Å². The van der Waals surface area contributed by atoms with Gasteiger partial charge in [-0.2, -0.15) is 5.10 Å². The molecule has 0 saturated carbocycles. The lowest BCUT2D eigenvalue weighted by atomic mass is 10.2. The van der Waals surface area contributed by atoms with Gasteiger partial charge in [0.2, 0.25) is 0 Å². The largest absolute Gasteiger partial charge is 0.493 e. The van der Waals surface area contributed by atoms with Crippen LogP contribution in [0.15, 0.2) is 84.0 Å². The molecule has 0 aliphatic rings. The Balaban J connectivity index is 1.57. The summed E-state index contributed by atoms with van der Waals surface area (Å²) < 4.78 is 10.7. The molecule has 0 fully saturated rings. The Morgan fingerprint density at radius 2 is 1.81 bits per heavy atom. The van der Waals surface area contributed by atoms with Crippen LogP contribution >= 0.6 is 23.8 Å². The average molecular weight is 466 g/mol. The van der Waals surface area contributed by atoms with Crippen LogP contribution in [0.25, 0.3) is 6.08 Å². The first kappa shape index (κ1) is 23.0. The lowest BCUT2D eigenvalue weighted by Crippen LogP contribution is -2.23. The SMILES string of the molecule is COc1cc(/C=N\NC(=S)Nc2cccc(Cl)c2)ccc1OC(=O)/C=C/c1ccccc1. The summed E-state index contributed by atoms with van der Waals surface area (Å²) in [4.78, 5) is 12.1. The number of nitrogens with one attached hydrogen (secondary N) is 2. The first-order valence-electron chi connectivity index (χ1n) is 9.52. The van der Waals surface area contributed by atoms with Crippen molar-refractivity contribution in [2.45, 2.75) is 0 Å². The predicted octanol–water partition coefficient (Wildman–Crippen LogP) is 5.29. The molecule has 0 radical (unpaired) electrons. The molecule has 3 aromatic rings. The minimum Gasteiger partial charge on any atom is -0.493 e. The number of benzene rings is 3. The summed E-state index contributed by atoms with van der Waals surface area (Å²) in [6.45, 7) is 0. The molecular weight excluding hydrogens is 446 g/mol. The number of carbonyl (C=O) groups excluding carboxylic acids is 1. The molecular formula is C24H20ClN3O3S. The third kappa shape index (κ3) is 7.23. The fraction of sp³-hybridized carbons (Fsp3) is 0.0417. The fourth-order valence-electron chi connectivity index (χ4n) is 2.61. The monoisotopic (exact) mass is 465 g/mol. The zero-order valence-electron chi connectivity index (χ0n) is 17.1. The van der Waals surface area contributed by atoms with Gasteiger partial charge in [0.15, 0.2) is 16.6 Å². The van der Waals surface area contributed by atoms with Crippen LogP contribution in [-0.4, -0.2) is 24.4 Å². The summed E-state index contributed by atoms with van der Waals surface area (Å²) in [6.07, 6.45) is 4.61. The van der Waals surface area contributed by atoms with Crippen LogP contribution < -0.4 is 20.2 Å². The van der Waals surface area contributed by atoms with Crippen LogP contribution in [0.3, 0.4) is 0 Å². The van der Waals surface area contributed by atoms with E-state index in [2.05, 4.69) is 15.8 Å². The number of hydrogen-bond donors (Lipinski definition) is 2. The first-order chi connectivity index (χ1) is 15.5. The quantitative estimate of drug-likeness (QED) is 0.123. The maximum Gasteiger partial charge on any atom is 0.336 e. The molecule has 0 spiro atoms. The molecule has 3 aromatic carbocycles. The van der Waals surface area contributed by atoms with Gasteiger partial charge in [-0.3, -0.25) is 5.43 Å². The van der Waals surface area contributed by atoms with Crippen LogP contribution in [0, 0.1) is 0 Å². The number of halogens is 1. The third-order valence-corrected chi connectivity index (χ3v) is 4.50. The minimum atomic E-state index is -0.507. The Morgan fingerprint density at radius 1 is 1.00 bits per heavy atom. The second-order valence-electron chi connectivity index (χ2n) is 6.41. The molecule has 162 valence electrons. The Kier molecular flexibility index (Phi) is 8.36. The molecule has 0 aliphatic heterocycles. The number of ether oxygens (including phenoxy) is 2. The van der Waals surface area contributed by atoms with Crippen molar-refractivity contribution in [1.82, 2.24) is 5.43 Å². The van der Waals surface area contributed by atoms with Crippen molar-refractivity contribution in [2.24, 2.45) is 5.10 Å². The Hall–Kier alpha value is -3.68. The summed E-state index contributed by atoms with van der Waals surface area (Å²) in [5.41, 5.74) is 5.10. The van der Waals surface area contributed by atoms with Crippen molar-refractivity contribution in [3.8, 4) is 11.5 Å². The van der Waals surface area contributed by atoms with E-state index >= 15 is 0 Å². The minimum absolute atomic E-state index is 0.304. The van der Waals surface area contributed by atoms with Crippen LogP contribution in [0.4, 0.5) is 5.69 Å². The van der Waals surface area contributed by atoms with Crippen LogP contribution in [0.5, 0.6) is 11.5 Å².